The van der Waals surface area contributed by atoms with Crippen molar-refractivity contribution >= 4 is 5.91 Å². The molecule has 0 bridgehead atoms. The van der Waals surface area contributed by atoms with Gasteiger partial charge in [-0.2, -0.15) is 0 Å². The minimum absolute atomic E-state index is 0.102. The Morgan fingerprint density at radius 3 is 1.95 bits per heavy atom. The molecule has 3 rings (SSSR count). The fourth-order valence-electron chi connectivity index (χ4n) is 1.85. The molecule has 1 aromatic rings. The van der Waals surface area contributed by atoms with Gasteiger partial charge in [0.1, 0.15) is 0 Å². The van der Waals surface area contributed by atoms with E-state index in [9.17, 15) is 4.79 Å². The zero-order valence-electron chi connectivity index (χ0n) is 11.5. The molecule has 0 atom stereocenters. The van der Waals surface area contributed by atoms with Crippen molar-refractivity contribution < 1.29 is 4.79 Å². The molecule has 1 aromatic carbocycles. The van der Waals surface area contributed by atoms with E-state index in [4.69, 9.17) is 6.42 Å². The zero-order valence-corrected chi connectivity index (χ0v) is 11.5. The first-order valence-electron chi connectivity index (χ1n) is 6.70. The SMILES string of the molecule is C#CN(CCC)C(=O)c1ccccc1.c1cc2ccc1-2. The van der Waals surface area contributed by atoms with Gasteiger partial charge in [-0.1, -0.05) is 55.8 Å². The van der Waals surface area contributed by atoms with E-state index in [2.05, 4.69) is 30.3 Å². The third-order valence-corrected chi connectivity index (χ3v) is 3.09. The summed E-state index contributed by atoms with van der Waals surface area (Å²) < 4.78 is 0. The van der Waals surface area contributed by atoms with Crippen molar-refractivity contribution in [2.24, 2.45) is 0 Å². The van der Waals surface area contributed by atoms with Gasteiger partial charge in [-0.05, 0) is 29.7 Å². The van der Waals surface area contributed by atoms with Crippen LogP contribution in [0, 0.1) is 12.5 Å². The topological polar surface area (TPSA) is 20.3 Å². The number of benzene rings is 2. The highest BCUT2D eigenvalue weighted by Gasteiger charge is 2.11. The monoisotopic (exact) mass is 263 g/mol. The summed E-state index contributed by atoms with van der Waals surface area (Å²) in [6.45, 7) is 2.59. The number of carbonyl (C=O) groups is 1. The van der Waals surface area contributed by atoms with E-state index in [0.29, 0.717) is 12.1 Å². The molecule has 0 saturated carbocycles. The molecule has 2 aliphatic carbocycles. The van der Waals surface area contributed by atoms with Crippen LogP contribution in [0.1, 0.15) is 23.7 Å². The summed E-state index contributed by atoms with van der Waals surface area (Å²) in [5.74, 6) is -0.102. The van der Waals surface area contributed by atoms with Gasteiger partial charge in [0.15, 0.2) is 0 Å². The van der Waals surface area contributed by atoms with E-state index in [-0.39, 0.29) is 5.91 Å². The molecule has 0 fully saturated rings. The number of hydrogen-bond acceptors (Lipinski definition) is 1. The molecule has 20 heavy (non-hydrogen) atoms. The lowest BCUT2D eigenvalue weighted by Gasteiger charge is -2.13. The lowest BCUT2D eigenvalue weighted by molar-refractivity contribution is 0.0835. The summed E-state index contributed by atoms with van der Waals surface area (Å²) in [5, 5.41) is 0. The molecule has 0 aromatic heterocycles. The highest BCUT2D eigenvalue weighted by molar-refractivity contribution is 5.95. The first kappa shape index (κ1) is 13.9. The maximum Gasteiger partial charge on any atom is 0.265 e. The van der Waals surface area contributed by atoms with Crippen molar-refractivity contribution in [3.63, 3.8) is 0 Å². The number of hydrogen-bond donors (Lipinski definition) is 0. The number of fused-ring (bicyclic) bond motifs is 1. The molecular formula is C18H17NO. The summed E-state index contributed by atoms with van der Waals surface area (Å²) >= 11 is 0. The molecule has 2 heteroatoms. The second-order valence-corrected chi connectivity index (χ2v) is 4.53. The summed E-state index contributed by atoms with van der Waals surface area (Å²) in [6, 6.07) is 19.9. The Kier molecular flexibility index (Phi) is 4.57. The largest absolute Gasteiger partial charge is 0.268 e. The first-order valence-corrected chi connectivity index (χ1v) is 6.70. The second-order valence-electron chi connectivity index (χ2n) is 4.53. The Morgan fingerprint density at radius 1 is 1.05 bits per heavy atom. The van der Waals surface area contributed by atoms with Crippen LogP contribution in [0.3, 0.4) is 0 Å². The Bertz CT molecular complexity index is 587. The van der Waals surface area contributed by atoms with Gasteiger partial charge in [-0.15, -0.1) is 0 Å². The van der Waals surface area contributed by atoms with Gasteiger partial charge in [0, 0.05) is 18.2 Å². The van der Waals surface area contributed by atoms with E-state index in [1.807, 2.05) is 25.1 Å². The van der Waals surface area contributed by atoms with Crippen LogP contribution >= 0.6 is 0 Å². The maximum absolute atomic E-state index is 11.7. The van der Waals surface area contributed by atoms with Gasteiger partial charge in [-0.3, -0.25) is 9.69 Å². The van der Waals surface area contributed by atoms with Crippen LogP contribution in [0.15, 0.2) is 54.6 Å². The van der Waals surface area contributed by atoms with E-state index >= 15 is 0 Å². The summed E-state index contributed by atoms with van der Waals surface area (Å²) in [4.78, 5) is 13.1. The minimum Gasteiger partial charge on any atom is -0.268 e. The van der Waals surface area contributed by atoms with E-state index in [1.54, 1.807) is 12.1 Å². The quantitative estimate of drug-likeness (QED) is 0.520. The third-order valence-electron chi connectivity index (χ3n) is 3.09. The van der Waals surface area contributed by atoms with Crippen LogP contribution in [-0.4, -0.2) is 17.4 Å². The Morgan fingerprint density at radius 2 is 1.60 bits per heavy atom. The smallest absolute Gasteiger partial charge is 0.265 e. The number of amides is 1. The standard InChI is InChI=1S/C12H13NO.C6H4/c1-3-10-13(4-2)12(14)11-8-6-5-7-9-11;1-2-6-4-3-5(1)6/h2,5-9H,3,10H2,1H3;1-4H. The average molecular weight is 263 g/mol. The van der Waals surface area contributed by atoms with Gasteiger partial charge in [0.25, 0.3) is 5.91 Å². The van der Waals surface area contributed by atoms with Gasteiger partial charge in [0.2, 0.25) is 0 Å². The predicted octanol–water partition coefficient (Wildman–Crippen LogP) is 3.80. The number of carbonyl (C=O) groups excluding carboxylic acids is 1. The van der Waals surface area contributed by atoms with Crippen LogP contribution in [0.5, 0.6) is 0 Å². The van der Waals surface area contributed by atoms with Crippen molar-refractivity contribution in [1.29, 1.82) is 0 Å². The molecular weight excluding hydrogens is 246 g/mol. The average Bonchev–Trinajstić information content (AvgIpc) is 2.49. The molecule has 2 nitrogen and oxygen atoms in total. The van der Waals surface area contributed by atoms with Gasteiger partial charge in [0.05, 0.1) is 0 Å². The normalized spacial score (nSPS) is 9.80. The van der Waals surface area contributed by atoms with Crippen LogP contribution in [0.25, 0.3) is 11.1 Å². The van der Waals surface area contributed by atoms with Crippen LogP contribution < -0.4 is 0 Å². The Balaban J connectivity index is 0.000000198. The number of terminal acetylenes is 1. The molecule has 1 amide bonds. The molecule has 0 unspecified atom stereocenters. The van der Waals surface area contributed by atoms with Gasteiger partial charge < -0.3 is 0 Å². The zero-order chi connectivity index (χ0) is 14.4. The molecule has 0 spiro atoms. The fraction of sp³-hybridized carbons (Fsp3) is 0.167. The van der Waals surface area contributed by atoms with Crippen molar-refractivity contribution in [3.05, 3.63) is 60.2 Å². The van der Waals surface area contributed by atoms with Crippen molar-refractivity contribution in [3.8, 4) is 23.6 Å². The molecule has 0 aliphatic heterocycles. The summed E-state index contributed by atoms with van der Waals surface area (Å²) in [7, 11) is 0. The van der Waals surface area contributed by atoms with E-state index < -0.39 is 0 Å². The van der Waals surface area contributed by atoms with E-state index in [0.717, 1.165) is 6.42 Å². The van der Waals surface area contributed by atoms with Crippen molar-refractivity contribution in [1.82, 2.24) is 4.90 Å². The second kappa shape index (κ2) is 6.58. The molecule has 0 heterocycles. The third kappa shape index (κ3) is 3.07. The van der Waals surface area contributed by atoms with E-state index in [1.165, 1.54) is 16.0 Å². The molecule has 0 N–H and O–H groups in total. The van der Waals surface area contributed by atoms with Crippen LogP contribution in [0.2, 0.25) is 0 Å². The Hall–Kier alpha value is -2.53. The lowest BCUT2D eigenvalue weighted by atomic mass is 9.95. The summed E-state index contributed by atoms with van der Waals surface area (Å²) in [6.07, 6.45) is 6.12. The maximum atomic E-state index is 11.7. The van der Waals surface area contributed by atoms with Crippen molar-refractivity contribution in [2.75, 3.05) is 6.54 Å². The first-order chi connectivity index (χ1) is 9.76. The van der Waals surface area contributed by atoms with Crippen LogP contribution in [-0.2, 0) is 0 Å². The number of nitrogens with zero attached hydrogens (tertiary/aromatic N) is 1. The van der Waals surface area contributed by atoms with Gasteiger partial charge >= 0.3 is 0 Å². The Labute approximate surface area is 120 Å². The van der Waals surface area contributed by atoms with Crippen LogP contribution in [0.4, 0.5) is 0 Å². The minimum atomic E-state index is -0.102. The van der Waals surface area contributed by atoms with Crippen molar-refractivity contribution in [2.45, 2.75) is 13.3 Å². The highest BCUT2D eigenvalue weighted by Crippen LogP contribution is 2.29. The van der Waals surface area contributed by atoms with Gasteiger partial charge in [-0.25, -0.2) is 0 Å². The molecule has 0 saturated heterocycles. The summed E-state index contributed by atoms with van der Waals surface area (Å²) in [5.41, 5.74) is 3.49. The number of rotatable bonds is 3. The highest BCUT2D eigenvalue weighted by atomic mass is 16.2. The molecule has 2 aliphatic rings. The molecule has 0 radical (unpaired) electrons. The fourth-order valence-corrected chi connectivity index (χ4v) is 1.85. The predicted molar refractivity (Wildman–Crippen MR) is 82.0 cm³/mol. The molecule has 100 valence electrons. The lowest BCUT2D eigenvalue weighted by Crippen LogP contribution is -2.26.